The Morgan fingerprint density at radius 1 is 1.13 bits per heavy atom. The van der Waals surface area contributed by atoms with E-state index in [1.165, 1.54) is 6.20 Å². The second-order valence-corrected chi connectivity index (χ2v) is 7.41. The first-order valence-electron chi connectivity index (χ1n) is 9.63. The average molecular weight is 430 g/mol. The molecular formula is C22H18F4N4O. The van der Waals surface area contributed by atoms with E-state index in [0.29, 0.717) is 47.5 Å². The predicted molar refractivity (Wildman–Crippen MR) is 105 cm³/mol. The Kier molecular flexibility index (Phi) is 5.20. The van der Waals surface area contributed by atoms with Gasteiger partial charge >= 0.3 is 6.18 Å². The molecule has 0 fully saturated rings. The van der Waals surface area contributed by atoms with Gasteiger partial charge < -0.3 is 5.32 Å². The van der Waals surface area contributed by atoms with Crippen molar-refractivity contribution in [3.8, 4) is 11.4 Å². The molecule has 0 saturated carbocycles. The minimum Gasteiger partial charge on any atom is -0.352 e. The highest BCUT2D eigenvalue weighted by atomic mass is 19.4. The van der Waals surface area contributed by atoms with Crippen molar-refractivity contribution in [2.75, 3.05) is 6.54 Å². The predicted octanol–water partition coefficient (Wildman–Crippen LogP) is 4.44. The molecule has 3 aromatic rings. The number of rotatable bonds is 3. The molecule has 4 rings (SSSR count). The van der Waals surface area contributed by atoms with E-state index in [2.05, 4.69) is 20.3 Å². The molecule has 5 nitrogen and oxygen atoms in total. The average Bonchev–Trinajstić information content (AvgIpc) is 2.71. The number of halogens is 4. The maximum Gasteiger partial charge on any atom is 0.416 e. The van der Waals surface area contributed by atoms with Gasteiger partial charge in [-0.1, -0.05) is 6.92 Å². The standard InChI is InChI=1S/C22H18F4N4O/c1-11(13-7-14(22(24,25)26)9-15(23)8-13)18-10-19(30-12(2)29-18)20-16-3-6-28-21(31)17(16)4-5-27-20/h4-5,7-11H,3,6H2,1-2H3,(H,28,31)/t11-/m0/s1. The number of hydrogen-bond acceptors (Lipinski definition) is 4. The fourth-order valence-corrected chi connectivity index (χ4v) is 3.71. The number of pyridine rings is 1. The lowest BCUT2D eigenvalue weighted by atomic mass is 9.93. The van der Waals surface area contributed by atoms with Gasteiger partial charge in [0.15, 0.2) is 0 Å². The van der Waals surface area contributed by atoms with Crippen LogP contribution in [0.1, 0.15) is 51.4 Å². The van der Waals surface area contributed by atoms with Gasteiger partial charge in [0.25, 0.3) is 5.91 Å². The number of alkyl halides is 3. The minimum absolute atomic E-state index is 0.152. The monoisotopic (exact) mass is 430 g/mol. The molecule has 2 aromatic heterocycles. The summed E-state index contributed by atoms with van der Waals surface area (Å²) in [4.78, 5) is 25.3. The molecule has 1 N–H and O–H groups in total. The van der Waals surface area contributed by atoms with E-state index < -0.39 is 23.5 Å². The number of carbonyl (C=O) groups is 1. The number of hydrogen-bond donors (Lipinski definition) is 1. The van der Waals surface area contributed by atoms with Crippen LogP contribution in [0.15, 0.2) is 36.5 Å². The summed E-state index contributed by atoms with van der Waals surface area (Å²) in [5.74, 6) is -1.39. The number of carbonyl (C=O) groups excluding carboxylic acids is 1. The third kappa shape index (κ3) is 4.12. The topological polar surface area (TPSA) is 67.8 Å². The van der Waals surface area contributed by atoms with E-state index in [9.17, 15) is 22.4 Å². The molecule has 0 radical (unpaired) electrons. The molecule has 1 atom stereocenters. The van der Waals surface area contributed by atoms with E-state index >= 15 is 0 Å². The first-order valence-corrected chi connectivity index (χ1v) is 9.63. The minimum atomic E-state index is -4.66. The zero-order valence-electron chi connectivity index (χ0n) is 16.7. The zero-order valence-corrected chi connectivity index (χ0v) is 16.7. The number of amides is 1. The van der Waals surface area contributed by atoms with Gasteiger partial charge in [-0.05, 0) is 54.8 Å². The summed E-state index contributed by atoms with van der Waals surface area (Å²) in [6.07, 6.45) is -2.56. The first-order chi connectivity index (χ1) is 14.6. The van der Waals surface area contributed by atoms with Gasteiger partial charge in [0, 0.05) is 24.2 Å². The second-order valence-electron chi connectivity index (χ2n) is 7.41. The van der Waals surface area contributed by atoms with E-state index in [1.54, 1.807) is 26.0 Å². The summed E-state index contributed by atoms with van der Waals surface area (Å²) < 4.78 is 53.3. The van der Waals surface area contributed by atoms with E-state index in [1.807, 2.05) is 0 Å². The Balaban J connectivity index is 1.79. The first kappa shape index (κ1) is 20.9. The molecule has 0 bridgehead atoms. The summed E-state index contributed by atoms with van der Waals surface area (Å²) in [6, 6.07) is 5.74. The van der Waals surface area contributed by atoms with E-state index in [4.69, 9.17) is 0 Å². The van der Waals surface area contributed by atoms with Gasteiger partial charge in [-0.25, -0.2) is 14.4 Å². The fourth-order valence-electron chi connectivity index (χ4n) is 3.71. The Morgan fingerprint density at radius 3 is 2.65 bits per heavy atom. The fraction of sp³-hybridized carbons (Fsp3) is 0.273. The molecule has 0 spiro atoms. The molecule has 1 aliphatic heterocycles. The second kappa shape index (κ2) is 7.72. The number of aromatic nitrogens is 3. The van der Waals surface area contributed by atoms with Crippen LogP contribution in [0.25, 0.3) is 11.4 Å². The van der Waals surface area contributed by atoms with Gasteiger partial charge in [0.1, 0.15) is 11.6 Å². The third-order valence-electron chi connectivity index (χ3n) is 5.25. The summed E-state index contributed by atoms with van der Waals surface area (Å²) in [6.45, 7) is 3.79. The normalized spacial score (nSPS) is 14.7. The van der Waals surface area contributed by atoms with Crippen LogP contribution in [0.2, 0.25) is 0 Å². The van der Waals surface area contributed by atoms with Crippen LogP contribution in [0, 0.1) is 12.7 Å². The number of fused-ring (bicyclic) bond motifs is 1. The zero-order chi connectivity index (χ0) is 22.3. The quantitative estimate of drug-likeness (QED) is 0.624. The van der Waals surface area contributed by atoms with Crippen LogP contribution in [0.3, 0.4) is 0 Å². The van der Waals surface area contributed by atoms with E-state index in [0.717, 1.165) is 17.7 Å². The molecule has 0 unspecified atom stereocenters. The van der Waals surface area contributed by atoms with E-state index in [-0.39, 0.29) is 11.5 Å². The Bertz CT molecular complexity index is 1180. The maximum absolute atomic E-state index is 13.9. The SMILES string of the molecule is Cc1nc(-c2nccc3c2CCNC3=O)cc([C@@H](C)c2cc(F)cc(C(F)(F)F)c2)n1. The van der Waals surface area contributed by atoms with Crippen LogP contribution < -0.4 is 5.32 Å². The van der Waals surface area contributed by atoms with Crippen LogP contribution in [0.5, 0.6) is 0 Å². The molecule has 31 heavy (non-hydrogen) atoms. The largest absolute Gasteiger partial charge is 0.416 e. The van der Waals surface area contributed by atoms with Crippen molar-refractivity contribution < 1.29 is 22.4 Å². The van der Waals surface area contributed by atoms with Gasteiger partial charge in [0.05, 0.1) is 22.6 Å². The lowest BCUT2D eigenvalue weighted by molar-refractivity contribution is -0.137. The number of benzene rings is 1. The van der Waals surface area contributed by atoms with Gasteiger partial charge in [0.2, 0.25) is 0 Å². The number of aryl methyl sites for hydroxylation is 1. The lowest BCUT2D eigenvalue weighted by Crippen LogP contribution is -2.32. The highest BCUT2D eigenvalue weighted by molar-refractivity contribution is 5.98. The third-order valence-corrected chi connectivity index (χ3v) is 5.25. The van der Waals surface area contributed by atoms with Crippen LogP contribution in [-0.4, -0.2) is 27.4 Å². The molecule has 1 amide bonds. The highest BCUT2D eigenvalue weighted by Gasteiger charge is 2.32. The maximum atomic E-state index is 13.9. The summed E-state index contributed by atoms with van der Waals surface area (Å²) in [5, 5.41) is 2.78. The van der Waals surface area contributed by atoms with Crippen molar-refractivity contribution in [3.05, 3.63) is 76.1 Å². The van der Waals surface area contributed by atoms with Gasteiger partial charge in [-0.15, -0.1) is 0 Å². The summed E-state index contributed by atoms with van der Waals surface area (Å²) in [5.41, 5.74) is 1.80. The molecule has 1 aromatic carbocycles. The molecule has 9 heteroatoms. The van der Waals surface area contributed by atoms with Gasteiger partial charge in [-0.2, -0.15) is 13.2 Å². The molecule has 1 aliphatic rings. The van der Waals surface area contributed by atoms with Crippen molar-refractivity contribution in [2.24, 2.45) is 0 Å². The Labute approximate surface area is 175 Å². The molecule has 0 saturated heterocycles. The summed E-state index contributed by atoms with van der Waals surface area (Å²) in [7, 11) is 0. The lowest BCUT2D eigenvalue weighted by Gasteiger charge is -2.20. The number of nitrogens with one attached hydrogen (secondary N) is 1. The van der Waals surface area contributed by atoms with Crippen LogP contribution >= 0.6 is 0 Å². The van der Waals surface area contributed by atoms with Crippen molar-refractivity contribution in [1.82, 2.24) is 20.3 Å². The molecular weight excluding hydrogens is 412 g/mol. The van der Waals surface area contributed by atoms with Crippen molar-refractivity contribution in [3.63, 3.8) is 0 Å². The van der Waals surface area contributed by atoms with Crippen molar-refractivity contribution in [1.29, 1.82) is 0 Å². The van der Waals surface area contributed by atoms with Crippen LogP contribution in [0.4, 0.5) is 17.6 Å². The summed E-state index contributed by atoms with van der Waals surface area (Å²) >= 11 is 0. The van der Waals surface area contributed by atoms with Crippen molar-refractivity contribution >= 4 is 5.91 Å². The molecule has 0 aliphatic carbocycles. The number of nitrogens with zero attached hydrogens (tertiary/aromatic N) is 3. The van der Waals surface area contributed by atoms with Gasteiger partial charge in [-0.3, -0.25) is 9.78 Å². The Hall–Kier alpha value is -3.36. The van der Waals surface area contributed by atoms with Crippen LogP contribution in [-0.2, 0) is 12.6 Å². The molecule has 160 valence electrons. The van der Waals surface area contributed by atoms with Crippen molar-refractivity contribution in [2.45, 2.75) is 32.4 Å². The molecule has 3 heterocycles. The smallest absolute Gasteiger partial charge is 0.352 e. The highest BCUT2D eigenvalue weighted by Crippen LogP contribution is 2.34. The Morgan fingerprint density at radius 2 is 1.90 bits per heavy atom.